The molecule has 0 aliphatic heterocycles. The van der Waals surface area contributed by atoms with Gasteiger partial charge < -0.3 is 0 Å². The Bertz CT molecular complexity index is 232. The summed E-state index contributed by atoms with van der Waals surface area (Å²) in [6.45, 7) is 4.10. The minimum absolute atomic E-state index is 0.881. The first-order valence-electron chi connectivity index (χ1n) is 3.03. The molecule has 1 rings (SSSR count). The number of rotatable bonds is 0. The fourth-order valence-corrected chi connectivity index (χ4v) is 1.92. The average Bonchev–Trinajstić information content (AvgIpc) is 1.82. The molecule has 0 fully saturated rings. The van der Waals surface area contributed by atoms with E-state index in [4.69, 9.17) is 11.6 Å². The van der Waals surface area contributed by atoms with Gasteiger partial charge in [-0.15, -0.1) is 0 Å². The fourth-order valence-electron chi connectivity index (χ4n) is 0.898. The first-order chi connectivity index (χ1) is 4.61. The van der Waals surface area contributed by atoms with Crippen molar-refractivity contribution in [2.24, 2.45) is 0 Å². The first kappa shape index (κ1) is 8.34. The summed E-state index contributed by atoms with van der Waals surface area (Å²) < 4.78 is 1.14. The molecule has 2 heteroatoms. The molecule has 0 saturated carbocycles. The van der Waals surface area contributed by atoms with Crippen molar-refractivity contribution in [3.63, 3.8) is 0 Å². The molecule has 0 nitrogen and oxygen atoms in total. The standard InChI is InChI=1S/C8H8ClI/c1-5-3-6(2)8(9)7(10)4-5/h3-4H,1-2H3. The van der Waals surface area contributed by atoms with Crippen LogP contribution in [-0.4, -0.2) is 0 Å². The second kappa shape index (κ2) is 3.09. The fraction of sp³-hybridized carbons (Fsp3) is 0.250. The van der Waals surface area contributed by atoms with E-state index in [1.54, 1.807) is 0 Å². The molecule has 0 atom stereocenters. The maximum Gasteiger partial charge on any atom is 0.0568 e. The Morgan fingerprint density at radius 1 is 1.30 bits per heavy atom. The Morgan fingerprint density at radius 2 is 1.90 bits per heavy atom. The molecule has 0 heterocycles. The Kier molecular flexibility index (Phi) is 2.58. The Morgan fingerprint density at radius 3 is 2.40 bits per heavy atom. The van der Waals surface area contributed by atoms with Crippen molar-refractivity contribution in [1.29, 1.82) is 0 Å². The smallest absolute Gasteiger partial charge is 0.0568 e. The van der Waals surface area contributed by atoms with Gasteiger partial charge in [0.05, 0.1) is 5.02 Å². The van der Waals surface area contributed by atoms with Crippen LogP contribution in [0.4, 0.5) is 0 Å². The zero-order valence-corrected chi connectivity index (χ0v) is 8.82. The molecule has 0 aliphatic rings. The van der Waals surface area contributed by atoms with Crippen LogP contribution >= 0.6 is 34.2 Å². The molecule has 1 aromatic carbocycles. The third-order valence-corrected chi connectivity index (χ3v) is 3.03. The average molecular weight is 267 g/mol. The van der Waals surface area contributed by atoms with Crippen LogP contribution in [0.25, 0.3) is 0 Å². The molecule has 54 valence electrons. The topological polar surface area (TPSA) is 0 Å². The molecule has 0 radical (unpaired) electrons. The molecular weight excluding hydrogens is 258 g/mol. The minimum Gasteiger partial charge on any atom is -0.0829 e. The molecule has 0 saturated heterocycles. The van der Waals surface area contributed by atoms with Crippen LogP contribution in [0.5, 0.6) is 0 Å². The lowest BCUT2D eigenvalue weighted by Gasteiger charge is -2.01. The highest BCUT2D eigenvalue weighted by molar-refractivity contribution is 14.1. The van der Waals surface area contributed by atoms with Gasteiger partial charge in [-0.25, -0.2) is 0 Å². The van der Waals surface area contributed by atoms with Gasteiger partial charge >= 0.3 is 0 Å². The van der Waals surface area contributed by atoms with Gasteiger partial charge in [-0.3, -0.25) is 0 Å². The summed E-state index contributed by atoms with van der Waals surface area (Å²) in [6, 6.07) is 4.17. The normalized spacial score (nSPS) is 10.0. The molecule has 10 heavy (non-hydrogen) atoms. The second-order valence-corrected chi connectivity index (χ2v) is 3.92. The zero-order chi connectivity index (χ0) is 7.72. The Labute approximate surface area is 79.7 Å². The van der Waals surface area contributed by atoms with E-state index < -0.39 is 0 Å². The lowest BCUT2D eigenvalue weighted by molar-refractivity contribution is 1.36. The molecule has 0 N–H and O–H groups in total. The van der Waals surface area contributed by atoms with Crippen LogP contribution in [0.2, 0.25) is 5.02 Å². The van der Waals surface area contributed by atoms with Crippen molar-refractivity contribution < 1.29 is 0 Å². The van der Waals surface area contributed by atoms with Crippen LogP contribution in [0.1, 0.15) is 11.1 Å². The predicted molar refractivity (Wildman–Crippen MR) is 53.6 cm³/mol. The van der Waals surface area contributed by atoms with Gasteiger partial charge in [0.25, 0.3) is 0 Å². The molecule has 0 aromatic heterocycles. The zero-order valence-electron chi connectivity index (χ0n) is 5.91. The van der Waals surface area contributed by atoms with Gasteiger partial charge in [-0.2, -0.15) is 0 Å². The van der Waals surface area contributed by atoms with E-state index in [9.17, 15) is 0 Å². The molecule has 0 aliphatic carbocycles. The highest BCUT2D eigenvalue weighted by Crippen LogP contribution is 2.23. The predicted octanol–water partition coefficient (Wildman–Crippen LogP) is 3.56. The third kappa shape index (κ3) is 1.64. The number of hydrogen-bond acceptors (Lipinski definition) is 0. The molecule has 1 aromatic rings. The van der Waals surface area contributed by atoms with Crippen molar-refractivity contribution in [1.82, 2.24) is 0 Å². The summed E-state index contributed by atoms with van der Waals surface area (Å²) >= 11 is 8.19. The van der Waals surface area contributed by atoms with Crippen LogP contribution < -0.4 is 0 Å². The van der Waals surface area contributed by atoms with Gasteiger partial charge in [0.1, 0.15) is 0 Å². The summed E-state index contributed by atoms with van der Waals surface area (Å²) in [6.07, 6.45) is 0. The molecule has 0 amide bonds. The summed E-state index contributed by atoms with van der Waals surface area (Å²) in [5, 5.41) is 0.881. The van der Waals surface area contributed by atoms with Crippen molar-refractivity contribution in [3.05, 3.63) is 31.9 Å². The van der Waals surface area contributed by atoms with E-state index in [0.717, 1.165) is 14.2 Å². The number of benzene rings is 1. The maximum atomic E-state index is 5.94. The highest BCUT2D eigenvalue weighted by Gasteiger charge is 1.99. The highest BCUT2D eigenvalue weighted by atomic mass is 127. The summed E-state index contributed by atoms with van der Waals surface area (Å²) in [4.78, 5) is 0. The monoisotopic (exact) mass is 266 g/mol. The Hall–Kier alpha value is 0.240. The van der Waals surface area contributed by atoms with Gasteiger partial charge in [-0.1, -0.05) is 17.7 Å². The third-order valence-electron chi connectivity index (χ3n) is 1.35. The van der Waals surface area contributed by atoms with Gasteiger partial charge in [0, 0.05) is 3.57 Å². The van der Waals surface area contributed by atoms with Crippen LogP contribution in [0.3, 0.4) is 0 Å². The minimum atomic E-state index is 0.881. The van der Waals surface area contributed by atoms with Crippen molar-refractivity contribution in [2.75, 3.05) is 0 Å². The summed E-state index contributed by atoms with van der Waals surface area (Å²) in [5.74, 6) is 0. The van der Waals surface area contributed by atoms with E-state index in [-0.39, 0.29) is 0 Å². The molecule has 0 spiro atoms. The lowest BCUT2D eigenvalue weighted by atomic mass is 10.2. The second-order valence-electron chi connectivity index (χ2n) is 2.38. The quantitative estimate of drug-likeness (QED) is 0.630. The van der Waals surface area contributed by atoms with Crippen molar-refractivity contribution >= 4 is 34.2 Å². The van der Waals surface area contributed by atoms with E-state index in [1.165, 1.54) is 5.56 Å². The van der Waals surface area contributed by atoms with E-state index in [0.29, 0.717) is 0 Å². The molecule has 0 bridgehead atoms. The first-order valence-corrected chi connectivity index (χ1v) is 4.49. The maximum absolute atomic E-state index is 5.94. The number of aryl methyl sites for hydroxylation is 2. The molecule has 0 unspecified atom stereocenters. The molecular formula is C8H8ClI. The van der Waals surface area contributed by atoms with Gasteiger partial charge in [0.15, 0.2) is 0 Å². The summed E-state index contributed by atoms with van der Waals surface area (Å²) in [5.41, 5.74) is 2.43. The number of halogens is 2. The van der Waals surface area contributed by atoms with Crippen LogP contribution in [-0.2, 0) is 0 Å². The van der Waals surface area contributed by atoms with E-state index in [1.807, 2.05) is 6.92 Å². The van der Waals surface area contributed by atoms with Crippen molar-refractivity contribution in [2.45, 2.75) is 13.8 Å². The number of hydrogen-bond donors (Lipinski definition) is 0. The largest absolute Gasteiger partial charge is 0.0829 e. The van der Waals surface area contributed by atoms with Gasteiger partial charge in [0.2, 0.25) is 0 Å². The van der Waals surface area contributed by atoms with Crippen LogP contribution in [0, 0.1) is 17.4 Å². The van der Waals surface area contributed by atoms with E-state index >= 15 is 0 Å². The summed E-state index contributed by atoms with van der Waals surface area (Å²) in [7, 11) is 0. The van der Waals surface area contributed by atoms with Crippen molar-refractivity contribution in [3.8, 4) is 0 Å². The Balaban J connectivity index is 3.31. The van der Waals surface area contributed by atoms with Gasteiger partial charge in [-0.05, 0) is 53.6 Å². The lowest BCUT2D eigenvalue weighted by Crippen LogP contribution is -1.82. The van der Waals surface area contributed by atoms with Crippen LogP contribution in [0.15, 0.2) is 12.1 Å². The SMILES string of the molecule is Cc1cc(C)c(Cl)c(I)c1. The van der Waals surface area contributed by atoms with E-state index in [2.05, 4.69) is 41.6 Å².